The molecule has 82 valence electrons. The SMILES string of the molecule is O=C1CCCCc2oc(S(=O)(=O)Cl)cc21. The predicted octanol–water partition coefficient (Wildman–Crippen LogP) is 2.12. The Bertz CT molecular complexity index is 500. The molecule has 1 aromatic heterocycles. The Hall–Kier alpha value is -0.810. The Labute approximate surface area is 91.6 Å². The van der Waals surface area contributed by atoms with Gasteiger partial charge in [-0.3, -0.25) is 4.79 Å². The molecular formula is C9H9ClO4S. The van der Waals surface area contributed by atoms with E-state index in [2.05, 4.69) is 0 Å². The van der Waals surface area contributed by atoms with E-state index in [1.807, 2.05) is 0 Å². The van der Waals surface area contributed by atoms with Crippen molar-refractivity contribution in [3.8, 4) is 0 Å². The number of Topliss-reactive ketones (excluding diaryl/α,β-unsaturated/α-hetero) is 1. The lowest BCUT2D eigenvalue weighted by Crippen LogP contribution is -1.96. The second kappa shape index (κ2) is 3.64. The molecule has 0 unspecified atom stereocenters. The standard InChI is InChI=1S/C9H9ClO4S/c10-15(12,13)9-5-6-7(11)3-1-2-4-8(6)14-9/h5H,1-4H2. The molecule has 0 spiro atoms. The van der Waals surface area contributed by atoms with E-state index >= 15 is 0 Å². The van der Waals surface area contributed by atoms with Crippen LogP contribution in [-0.4, -0.2) is 14.2 Å². The van der Waals surface area contributed by atoms with Crippen LogP contribution in [0.3, 0.4) is 0 Å². The molecule has 0 atom stereocenters. The molecule has 0 saturated heterocycles. The summed E-state index contributed by atoms with van der Waals surface area (Å²) in [6.07, 6.45) is 2.67. The van der Waals surface area contributed by atoms with Crippen LogP contribution in [0.1, 0.15) is 35.4 Å². The maximum absolute atomic E-state index is 11.5. The van der Waals surface area contributed by atoms with Gasteiger partial charge in [0.2, 0.25) is 5.09 Å². The van der Waals surface area contributed by atoms with E-state index in [0.29, 0.717) is 24.2 Å². The normalized spacial score (nSPS) is 17.3. The van der Waals surface area contributed by atoms with Gasteiger partial charge in [-0.15, -0.1) is 0 Å². The molecule has 2 rings (SSSR count). The largest absolute Gasteiger partial charge is 0.448 e. The highest BCUT2D eigenvalue weighted by Gasteiger charge is 2.25. The van der Waals surface area contributed by atoms with Crippen LogP contribution in [0.25, 0.3) is 0 Å². The minimum atomic E-state index is -3.88. The molecule has 1 aliphatic carbocycles. The molecule has 0 aliphatic heterocycles. The first-order chi connectivity index (χ1) is 6.98. The summed E-state index contributed by atoms with van der Waals surface area (Å²) < 4.78 is 27.1. The summed E-state index contributed by atoms with van der Waals surface area (Å²) in [7, 11) is 1.26. The molecule has 0 aromatic carbocycles. The van der Waals surface area contributed by atoms with E-state index in [1.165, 1.54) is 6.07 Å². The fourth-order valence-corrected chi connectivity index (χ4v) is 2.34. The molecule has 1 aromatic rings. The van der Waals surface area contributed by atoms with Gasteiger partial charge in [0.1, 0.15) is 5.76 Å². The van der Waals surface area contributed by atoms with Gasteiger partial charge in [0.15, 0.2) is 5.78 Å². The molecule has 6 heteroatoms. The van der Waals surface area contributed by atoms with Crippen LogP contribution < -0.4 is 0 Å². The minimum absolute atomic E-state index is 0.0715. The number of hydrogen-bond acceptors (Lipinski definition) is 4. The Morgan fingerprint density at radius 2 is 1.93 bits per heavy atom. The van der Waals surface area contributed by atoms with E-state index < -0.39 is 9.05 Å². The number of hydrogen-bond donors (Lipinski definition) is 0. The third kappa shape index (κ3) is 2.08. The monoisotopic (exact) mass is 248 g/mol. The fourth-order valence-electron chi connectivity index (χ4n) is 1.65. The van der Waals surface area contributed by atoms with Gasteiger partial charge in [-0.25, -0.2) is 8.42 Å². The Morgan fingerprint density at radius 3 is 2.60 bits per heavy atom. The lowest BCUT2D eigenvalue weighted by Gasteiger charge is -1.92. The van der Waals surface area contributed by atoms with Gasteiger partial charge in [0.25, 0.3) is 9.05 Å². The Balaban J connectivity index is 2.52. The van der Waals surface area contributed by atoms with Crippen molar-refractivity contribution in [2.75, 3.05) is 0 Å². The molecule has 0 fully saturated rings. The average Bonchev–Trinajstić information content (AvgIpc) is 2.49. The van der Waals surface area contributed by atoms with Crippen LogP contribution in [0.4, 0.5) is 0 Å². The molecular weight excluding hydrogens is 240 g/mol. The Kier molecular flexibility index (Phi) is 2.60. The highest BCUT2D eigenvalue weighted by Crippen LogP contribution is 2.27. The molecule has 1 heterocycles. The molecule has 15 heavy (non-hydrogen) atoms. The van der Waals surface area contributed by atoms with E-state index in [9.17, 15) is 13.2 Å². The number of carbonyl (C=O) groups is 1. The third-order valence-electron chi connectivity index (χ3n) is 2.38. The minimum Gasteiger partial charge on any atom is -0.448 e. The van der Waals surface area contributed by atoms with Crippen molar-refractivity contribution in [1.29, 1.82) is 0 Å². The maximum Gasteiger partial charge on any atom is 0.294 e. The quantitative estimate of drug-likeness (QED) is 0.564. The molecule has 4 nitrogen and oxygen atoms in total. The van der Waals surface area contributed by atoms with Crippen LogP contribution in [0.2, 0.25) is 0 Å². The van der Waals surface area contributed by atoms with E-state index in [1.54, 1.807) is 0 Å². The fraction of sp³-hybridized carbons (Fsp3) is 0.444. The van der Waals surface area contributed by atoms with Gasteiger partial charge in [-0.05, 0) is 12.8 Å². The number of aryl methyl sites for hydroxylation is 1. The van der Waals surface area contributed by atoms with Crippen molar-refractivity contribution in [3.63, 3.8) is 0 Å². The molecule has 1 aliphatic rings. The number of halogens is 1. The highest BCUT2D eigenvalue weighted by molar-refractivity contribution is 8.13. The van der Waals surface area contributed by atoms with Crippen LogP contribution in [0, 0.1) is 0 Å². The van der Waals surface area contributed by atoms with E-state index in [-0.39, 0.29) is 10.9 Å². The van der Waals surface area contributed by atoms with Crippen LogP contribution in [0.15, 0.2) is 15.6 Å². The van der Waals surface area contributed by atoms with E-state index in [0.717, 1.165) is 12.8 Å². The van der Waals surface area contributed by atoms with Crippen molar-refractivity contribution in [2.24, 2.45) is 0 Å². The van der Waals surface area contributed by atoms with Gasteiger partial charge in [0, 0.05) is 29.6 Å². The number of ketones is 1. The van der Waals surface area contributed by atoms with Gasteiger partial charge in [-0.1, -0.05) is 0 Å². The predicted molar refractivity (Wildman–Crippen MR) is 53.6 cm³/mol. The lowest BCUT2D eigenvalue weighted by atomic mass is 10.1. The summed E-state index contributed by atoms with van der Waals surface area (Å²) in [5.74, 6) is 0.370. The highest BCUT2D eigenvalue weighted by atomic mass is 35.7. The summed E-state index contributed by atoms with van der Waals surface area (Å²) in [5, 5.41) is -0.329. The van der Waals surface area contributed by atoms with Crippen LogP contribution in [0.5, 0.6) is 0 Å². The first-order valence-corrected chi connectivity index (χ1v) is 6.90. The zero-order valence-corrected chi connectivity index (χ0v) is 9.40. The molecule has 0 N–H and O–H groups in total. The van der Waals surface area contributed by atoms with Crippen molar-refractivity contribution in [2.45, 2.75) is 30.8 Å². The van der Waals surface area contributed by atoms with Gasteiger partial charge in [0.05, 0.1) is 5.56 Å². The second-order valence-corrected chi connectivity index (χ2v) is 5.97. The van der Waals surface area contributed by atoms with Crippen molar-refractivity contribution in [1.82, 2.24) is 0 Å². The zero-order chi connectivity index (χ0) is 11.1. The summed E-state index contributed by atoms with van der Waals surface area (Å²) in [5.41, 5.74) is 0.367. The second-order valence-electron chi connectivity index (χ2n) is 3.47. The number of rotatable bonds is 1. The molecule has 0 bridgehead atoms. The van der Waals surface area contributed by atoms with Gasteiger partial charge in [-0.2, -0.15) is 0 Å². The van der Waals surface area contributed by atoms with Crippen molar-refractivity contribution in [3.05, 3.63) is 17.4 Å². The van der Waals surface area contributed by atoms with Crippen molar-refractivity contribution < 1.29 is 17.6 Å². The third-order valence-corrected chi connectivity index (χ3v) is 3.52. The number of furan rings is 1. The first kappa shape index (κ1) is 10.7. The van der Waals surface area contributed by atoms with Crippen molar-refractivity contribution >= 4 is 25.5 Å². The molecule has 0 saturated carbocycles. The zero-order valence-electron chi connectivity index (χ0n) is 7.82. The van der Waals surface area contributed by atoms with Crippen LogP contribution >= 0.6 is 10.7 Å². The molecule has 0 radical (unpaired) electrons. The Morgan fingerprint density at radius 1 is 1.27 bits per heavy atom. The summed E-state index contributed by atoms with van der Waals surface area (Å²) in [6.45, 7) is 0. The maximum atomic E-state index is 11.5. The summed E-state index contributed by atoms with van der Waals surface area (Å²) in [6, 6.07) is 1.23. The molecule has 0 amide bonds. The van der Waals surface area contributed by atoms with E-state index in [4.69, 9.17) is 15.1 Å². The smallest absolute Gasteiger partial charge is 0.294 e. The number of fused-ring (bicyclic) bond motifs is 1. The van der Waals surface area contributed by atoms with Crippen LogP contribution in [-0.2, 0) is 15.5 Å². The number of carbonyl (C=O) groups excluding carboxylic acids is 1. The topological polar surface area (TPSA) is 64.3 Å². The van der Waals surface area contributed by atoms with Gasteiger partial charge < -0.3 is 4.42 Å². The average molecular weight is 249 g/mol. The summed E-state index contributed by atoms with van der Waals surface area (Å²) in [4.78, 5) is 11.5. The summed E-state index contributed by atoms with van der Waals surface area (Å²) >= 11 is 0. The first-order valence-electron chi connectivity index (χ1n) is 4.59. The lowest BCUT2D eigenvalue weighted by molar-refractivity contribution is 0.0981. The van der Waals surface area contributed by atoms with Gasteiger partial charge >= 0.3 is 0 Å².